The summed E-state index contributed by atoms with van der Waals surface area (Å²) >= 11 is 2.95. The van der Waals surface area contributed by atoms with Gasteiger partial charge in [0, 0.05) is 0 Å². The van der Waals surface area contributed by atoms with Gasteiger partial charge in [0.05, 0.1) is 14.9 Å². The molecule has 0 saturated heterocycles. The van der Waals surface area contributed by atoms with Gasteiger partial charge in [-0.15, -0.1) is 6.42 Å². The lowest BCUT2D eigenvalue weighted by atomic mass is 10.1. The second-order valence-electron chi connectivity index (χ2n) is 3.95. The Kier molecular flexibility index (Phi) is 3.97. The Morgan fingerprint density at radius 3 is 2.53 bits per heavy atom. The molecule has 0 atom stereocenters. The lowest BCUT2D eigenvalue weighted by molar-refractivity contribution is 0.537. The van der Waals surface area contributed by atoms with Crippen LogP contribution < -0.4 is 4.72 Å². The highest BCUT2D eigenvalue weighted by Crippen LogP contribution is 2.20. The number of benzene rings is 1. The number of rotatable bonds is 3. The van der Waals surface area contributed by atoms with Gasteiger partial charge in [0.1, 0.15) is 5.82 Å². The zero-order valence-electron chi connectivity index (χ0n) is 9.29. The maximum Gasteiger partial charge on any atom is 0.241 e. The van der Waals surface area contributed by atoms with Crippen molar-refractivity contribution in [1.82, 2.24) is 4.72 Å². The molecular weight excluding hydrogens is 309 g/mol. The first-order valence-corrected chi connectivity index (χ1v) is 6.92. The predicted molar refractivity (Wildman–Crippen MR) is 67.3 cm³/mol. The molecule has 1 aromatic carbocycles. The molecule has 1 aromatic rings. The van der Waals surface area contributed by atoms with Crippen LogP contribution in [0.1, 0.15) is 13.8 Å². The summed E-state index contributed by atoms with van der Waals surface area (Å²) in [5.41, 5.74) is -1.03. The van der Waals surface area contributed by atoms with Crippen LogP contribution in [0.2, 0.25) is 0 Å². The summed E-state index contributed by atoms with van der Waals surface area (Å²) in [6.07, 6.45) is 5.19. The molecule has 92 valence electrons. The Morgan fingerprint density at radius 1 is 1.47 bits per heavy atom. The smallest absolute Gasteiger partial charge is 0.207 e. The van der Waals surface area contributed by atoms with Crippen LogP contribution in [0.15, 0.2) is 27.6 Å². The third kappa shape index (κ3) is 3.53. The monoisotopic (exact) mass is 319 g/mol. The van der Waals surface area contributed by atoms with Gasteiger partial charge in [-0.1, -0.05) is 5.92 Å². The zero-order chi connectivity index (χ0) is 13.3. The third-order valence-electron chi connectivity index (χ3n) is 1.95. The van der Waals surface area contributed by atoms with Crippen LogP contribution in [0, 0.1) is 18.2 Å². The molecule has 3 nitrogen and oxygen atoms in total. The van der Waals surface area contributed by atoms with E-state index in [9.17, 15) is 12.8 Å². The fourth-order valence-corrected chi connectivity index (χ4v) is 2.67. The van der Waals surface area contributed by atoms with E-state index < -0.39 is 21.4 Å². The molecule has 0 aromatic heterocycles. The number of sulfonamides is 1. The minimum Gasteiger partial charge on any atom is -0.207 e. The summed E-state index contributed by atoms with van der Waals surface area (Å²) in [5, 5.41) is 0. The van der Waals surface area contributed by atoms with E-state index in [2.05, 4.69) is 26.6 Å². The van der Waals surface area contributed by atoms with Crippen LogP contribution in [-0.4, -0.2) is 14.0 Å². The lowest BCUT2D eigenvalue weighted by Gasteiger charge is -2.19. The fourth-order valence-electron chi connectivity index (χ4n) is 1.07. The Balaban J connectivity index is 3.16. The number of halogens is 2. The summed E-state index contributed by atoms with van der Waals surface area (Å²) in [6.45, 7) is 3.08. The Labute approximate surface area is 109 Å². The molecule has 17 heavy (non-hydrogen) atoms. The van der Waals surface area contributed by atoms with Crippen LogP contribution in [-0.2, 0) is 10.0 Å². The number of nitrogens with one attached hydrogen (secondary N) is 1. The van der Waals surface area contributed by atoms with E-state index in [1.54, 1.807) is 13.8 Å². The molecule has 0 radical (unpaired) electrons. The number of hydrogen-bond acceptors (Lipinski definition) is 2. The maximum absolute atomic E-state index is 13.2. The molecule has 6 heteroatoms. The van der Waals surface area contributed by atoms with Crippen LogP contribution in [0.25, 0.3) is 0 Å². The predicted octanol–water partition coefficient (Wildman–Crippen LogP) is 2.28. The van der Waals surface area contributed by atoms with E-state index in [0.29, 0.717) is 0 Å². The van der Waals surface area contributed by atoms with E-state index in [0.717, 1.165) is 6.07 Å². The minimum absolute atomic E-state index is 0.165. The number of terminal acetylenes is 1. The summed E-state index contributed by atoms with van der Waals surface area (Å²) in [7, 11) is -3.82. The Morgan fingerprint density at radius 2 is 2.06 bits per heavy atom. The van der Waals surface area contributed by atoms with Gasteiger partial charge in [0.15, 0.2) is 0 Å². The lowest BCUT2D eigenvalue weighted by Crippen LogP contribution is -2.41. The van der Waals surface area contributed by atoms with Gasteiger partial charge in [-0.05, 0) is 48.0 Å². The summed E-state index contributed by atoms with van der Waals surface area (Å²) in [5.74, 6) is 1.65. The molecule has 0 amide bonds. The number of hydrogen-bond donors (Lipinski definition) is 1. The van der Waals surface area contributed by atoms with E-state index in [4.69, 9.17) is 6.42 Å². The van der Waals surface area contributed by atoms with Gasteiger partial charge >= 0.3 is 0 Å². The molecule has 0 unspecified atom stereocenters. The Hall–Kier alpha value is -0.900. The summed E-state index contributed by atoms with van der Waals surface area (Å²) in [4.78, 5) is -0.165. The van der Waals surface area contributed by atoms with Crippen LogP contribution in [0.3, 0.4) is 0 Å². The van der Waals surface area contributed by atoms with Crippen molar-refractivity contribution < 1.29 is 12.8 Å². The van der Waals surface area contributed by atoms with Gasteiger partial charge in [0.25, 0.3) is 0 Å². The molecule has 1 rings (SSSR count). The van der Waals surface area contributed by atoms with Crippen molar-refractivity contribution in [1.29, 1.82) is 0 Å². The normalized spacial score (nSPS) is 12.2. The first kappa shape index (κ1) is 14.2. The van der Waals surface area contributed by atoms with Crippen LogP contribution >= 0.6 is 15.9 Å². The van der Waals surface area contributed by atoms with E-state index in [1.807, 2.05) is 0 Å². The minimum atomic E-state index is -3.82. The molecule has 0 aliphatic rings. The van der Waals surface area contributed by atoms with Crippen molar-refractivity contribution in [2.45, 2.75) is 24.3 Å². The second-order valence-corrected chi connectivity index (χ2v) is 6.49. The van der Waals surface area contributed by atoms with E-state index in [-0.39, 0.29) is 9.37 Å². The molecule has 0 saturated carbocycles. The highest BCUT2D eigenvalue weighted by Gasteiger charge is 2.24. The molecule has 0 heterocycles. The molecule has 1 N–H and O–H groups in total. The van der Waals surface area contributed by atoms with Crippen LogP contribution in [0.4, 0.5) is 4.39 Å². The third-order valence-corrected chi connectivity index (χ3v) is 4.25. The average molecular weight is 320 g/mol. The van der Waals surface area contributed by atoms with Crippen molar-refractivity contribution >= 4 is 26.0 Å². The Bertz CT molecular complexity index is 576. The fraction of sp³-hybridized carbons (Fsp3) is 0.273. The second kappa shape index (κ2) is 4.77. The molecule has 0 aliphatic heterocycles. The summed E-state index contributed by atoms with van der Waals surface area (Å²) in [6, 6.07) is 3.55. The van der Waals surface area contributed by atoms with Crippen molar-refractivity contribution in [2.75, 3.05) is 0 Å². The van der Waals surface area contributed by atoms with Gasteiger partial charge in [0.2, 0.25) is 10.0 Å². The highest BCUT2D eigenvalue weighted by molar-refractivity contribution is 9.10. The van der Waals surface area contributed by atoms with Gasteiger partial charge < -0.3 is 0 Å². The summed E-state index contributed by atoms with van der Waals surface area (Å²) < 4.78 is 39.5. The molecule has 0 aliphatic carbocycles. The highest BCUT2D eigenvalue weighted by atomic mass is 79.9. The first-order chi connectivity index (χ1) is 7.68. The van der Waals surface area contributed by atoms with E-state index >= 15 is 0 Å². The molecule has 0 fully saturated rings. The van der Waals surface area contributed by atoms with Crippen molar-refractivity contribution in [3.63, 3.8) is 0 Å². The quantitative estimate of drug-likeness (QED) is 0.869. The van der Waals surface area contributed by atoms with Gasteiger partial charge in [-0.2, -0.15) is 4.72 Å². The molecule has 0 spiro atoms. The van der Waals surface area contributed by atoms with Crippen molar-refractivity contribution in [2.24, 2.45) is 0 Å². The van der Waals surface area contributed by atoms with Crippen molar-refractivity contribution in [3.8, 4) is 12.3 Å². The van der Waals surface area contributed by atoms with Crippen molar-refractivity contribution in [3.05, 3.63) is 28.5 Å². The maximum atomic E-state index is 13.2. The topological polar surface area (TPSA) is 46.2 Å². The van der Waals surface area contributed by atoms with Gasteiger partial charge in [-0.25, -0.2) is 12.8 Å². The zero-order valence-corrected chi connectivity index (χ0v) is 11.7. The first-order valence-electron chi connectivity index (χ1n) is 4.65. The average Bonchev–Trinajstić information content (AvgIpc) is 2.20. The van der Waals surface area contributed by atoms with E-state index in [1.165, 1.54) is 12.1 Å². The largest absolute Gasteiger partial charge is 0.241 e. The SMILES string of the molecule is C#CC(C)(C)NS(=O)(=O)c1ccc(Br)c(F)c1. The van der Waals surface area contributed by atoms with Crippen LogP contribution in [0.5, 0.6) is 0 Å². The molecular formula is C11H11BrFNO2S. The molecule has 0 bridgehead atoms. The van der Waals surface area contributed by atoms with Gasteiger partial charge in [-0.3, -0.25) is 0 Å². The standard InChI is InChI=1S/C11H11BrFNO2S/c1-4-11(2,3)14-17(15,16)8-5-6-9(12)10(13)7-8/h1,5-7,14H,2-3H3.